The lowest BCUT2D eigenvalue weighted by Crippen LogP contribution is -2.13. The molecule has 0 aliphatic rings. The molecule has 0 aliphatic heterocycles. The van der Waals surface area contributed by atoms with Crippen molar-refractivity contribution in [2.24, 2.45) is 0 Å². The summed E-state index contributed by atoms with van der Waals surface area (Å²) < 4.78 is 0. The van der Waals surface area contributed by atoms with Crippen LogP contribution in [0.25, 0.3) is 0 Å². The zero-order chi connectivity index (χ0) is 13.1. The molecule has 94 valence electrons. The van der Waals surface area contributed by atoms with Gasteiger partial charge in [0.05, 0.1) is 10.7 Å². The second kappa shape index (κ2) is 5.10. The van der Waals surface area contributed by atoms with Crippen molar-refractivity contribution in [3.8, 4) is 0 Å². The van der Waals surface area contributed by atoms with Crippen LogP contribution in [0.15, 0.2) is 30.5 Å². The van der Waals surface area contributed by atoms with Crippen LogP contribution >= 0.6 is 11.6 Å². The van der Waals surface area contributed by atoms with Crippen LogP contribution < -0.4 is 16.0 Å². The van der Waals surface area contributed by atoms with Crippen molar-refractivity contribution >= 4 is 34.7 Å². The van der Waals surface area contributed by atoms with Crippen LogP contribution in [0.2, 0.25) is 5.02 Å². The summed E-state index contributed by atoms with van der Waals surface area (Å²) in [6.07, 6.45) is 1.69. The van der Waals surface area contributed by atoms with E-state index in [9.17, 15) is 0 Å². The molecule has 18 heavy (non-hydrogen) atoms. The highest BCUT2D eigenvalue weighted by atomic mass is 35.5. The minimum absolute atomic E-state index is 0.592. The second-order valence-electron chi connectivity index (χ2n) is 4.00. The second-order valence-corrected chi connectivity index (χ2v) is 4.41. The quantitative estimate of drug-likeness (QED) is 0.833. The number of nitrogens with two attached hydrogens (primary N) is 1. The molecule has 1 aromatic heterocycles. The maximum Gasteiger partial charge on any atom is 0.226 e. The minimum atomic E-state index is 0.592. The number of hydrogen-bond acceptors (Lipinski definition) is 5. The number of rotatable bonds is 3. The van der Waals surface area contributed by atoms with E-state index in [2.05, 4.69) is 15.3 Å². The summed E-state index contributed by atoms with van der Waals surface area (Å²) in [6.45, 7) is 0. The van der Waals surface area contributed by atoms with Crippen molar-refractivity contribution in [3.63, 3.8) is 0 Å². The standard InChI is InChI=1S/C12H14ClN5/c1-18(2)12-15-6-5-11(17-12)16-10-7-8(14)3-4-9(10)13/h3-7H,14H2,1-2H3,(H,15,16,17). The van der Waals surface area contributed by atoms with E-state index in [1.54, 1.807) is 30.5 Å². The number of aromatic nitrogens is 2. The largest absolute Gasteiger partial charge is 0.399 e. The molecule has 0 spiro atoms. The molecule has 2 rings (SSSR count). The Labute approximate surface area is 111 Å². The summed E-state index contributed by atoms with van der Waals surface area (Å²) in [7, 11) is 3.76. The van der Waals surface area contributed by atoms with Crippen LogP contribution in [0.5, 0.6) is 0 Å². The Kier molecular flexibility index (Phi) is 3.53. The number of nitrogen functional groups attached to an aromatic ring is 1. The van der Waals surface area contributed by atoms with Crippen LogP contribution in [-0.2, 0) is 0 Å². The third-order valence-electron chi connectivity index (χ3n) is 2.30. The van der Waals surface area contributed by atoms with E-state index < -0.39 is 0 Å². The first-order valence-corrected chi connectivity index (χ1v) is 5.76. The van der Waals surface area contributed by atoms with Gasteiger partial charge < -0.3 is 16.0 Å². The Morgan fingerprint density at radius 1 is 1.28 bits per heavy atom. The van der Waals surface area contributed by atoms with Gasteiger partial charge in [0.15, 0.2) is 0 Å². The van der Waals surface area contributed by atoms with Crippen molar-refractivity contribution in [2.75, 3.05) is 30.0 Å². The van der Waals surface area contributed by atoms with E-state index in [1.165, 1.54) is 0 Å². The fraction of sp³-hybridized carbons (Fsp3) is 0.167. The average molecular weight is 264 g/mol. The molecule has 0 unspecified atom stereocenters. The molecular formula is C12H14ClN5. The van der Waals surface area contributed by atoms with Crippen LogP contribution in [0.3, 0.4) is 0 Å². The summed E-state index contributed by atoms with van der Waals surface area (Å²) in [4.78, 5) is 10.3. The highest BCUT2D eigenvalue weighted by Gasteiger charge is 2.04. The topological polar surface area (TPSA) is 67.1 Å². The van der Waals surface area contributed by atoms with Crippen molar-refractivity contribution in [1.82, 2.24) is 9.97 Å². The number of nitrogens with zero attached hydrogens (tertiary/aromatic N) is 3. The Morgan fingerprint density at radius 2 is 2.06 bits per heavy atom. The predicted molar refractivity (Wildman–Crippen MR) is 75.5 cm³/mol. The lowest BCUT2D eigenvalue weighted by molar-refractivity contribution is 1.00. The molecule has 5 nitrogen and oxygen atoms in total. The van der Waals surface area contributed by atoms with Gasteiger partial charge in [0.1, 0.15) is 5.82 Å². The molecule has 0 saturated heterocycles. The molecule has 0 atom stereocenters. The molecule has 6 heteroatoms. The minimum Gasteiger partial charge on any atom is -0.399 e. The van der Waals surface area contributed by atoms with Crippen molar-refractivity contribution in [1.29, 1.82) is 0 Å². The normalized spacial score (nSPS) is 10.2. The van der Waals surface area contributed by atoms with Gasteiger partial charge >= 0.3 is 0 Å². The lowest BCUT2D eigenvalue weighted by atomic mass is 10.3. The van der Waals surface area contributed by atoms with Gasteiger partial charge in [-0.3, -0.25) is 0 Å². The first-order chi connectivity index (χ1) is 8.56. The zero-order valence-electron chi connectivity index (χ0n) is 10.2. The Morgan fingerprint density at radius 3 is 2.78 bits per heavy atom. The molecule has 0 aliphatic carbocycles. The number of benzene rings is 1. The maximum atomic E-state index is 6.08. The van der Waals surface area contributed by atoms with E-state index in [0.717, 1.165) is 5.69 Å². The Bertz CT molecular complexity index is 556. The number of halogens is 1. The Hall–Kier alpha value is -2.01. The molecule has 0 radical (unpaired) electrons. The van der Waals surface area contributed by atoms with Crippen molar-refractivity contribution in [2.45, 2.75) is 0 Å². The molecule has 1 heterocycles. The summed E-state index contributed by atoms with van der Waals surface area (Å²) in [5, 5.41) is 3.71. The number of nitrogens with one attached hydrogen (secondary N) is 1. The van der Waals surface area contributed by atoms with Gasteiger partial charge in [0.2, 0.25) is 5.95 Å². The highest BCUT2D eigenvalue weighted by Crippen LogP contribution is 2.26. The summed E-state index contributed by atoms with van der Waals surface area (Å²) in [5.74, 6) is 1.29. The summed E-state index contributed by atoms with van der Waals surface area (Å²) in [6, 6.07) is 7.03. The molecule has 1 aromatic carbocycles. The molecule has 0 amide bonds. The molecule has 0 fully saturated rings. The Balaban J connectivity index is 2.28. The van der Waals surface area contributed by atoms with E-state index >= 15 is 0 Å². The van der Waals surface area contributed by atoms with Gasteiger partial charge in [0, 0.05) is 26.0 Å². The first-order valence-electron chi connectivity index (χ1n) is 5.38. The van der Waals surface area contributed by atoms with Gasteiger partial charge in [0.25, 0.3) is 0 Å². The number of hydrogen-bond donors (Lipinski definition) is 2. The van der Waals surface area contributed by atoms with Gasteiger partial charge in [-0.05, 0) is 24.3 Å². The average Bonchev–Trinajstić information content (AvgIpc) is 2.34. The van der Waals surface area contributed by atoms with Gasteiger partial charge in [-0.2, -0.15) is 4.98 Å². The van der Waals surface area contributed by atoms with Crippen molar-refractivity contribution in [3.05, 3.63) is 35.5 Å². The molecule has 0 saturated carbocycles. The lowest BCUT2D eigenvalue weighted by Gasteiger charge is -2.12. The maximum absolute atomic E-state index is 6.08. The fourth-order valence-corrected chi connectivity index (χ4v) is 1.57. The smallest absolute Gasteiger partial charge is 0.226 e. The van der Waals surface area contributed by atoms with Crippen LogP contribution in [0.4, 0.5) is 23.1 Å². The third-order valence-corrected chi connectivity index (χ3v) is 2.63. The molecule has 2 aromatic rings. The van der Waals surface area contributed by atoms with Crippen LogP contribution in [0.1, 0.15) is 0 Å². The van der Waals surface area contributed by atoms with Gasteiger partial charge in [-0.1, -0.05) is 11.6 Å². The van der Waals surface area contributed by atoms with Gasteiger partial charge in [-0.15, -0.1) is 0 Å². The van der Waals surface area contributed by atoms with Crippen LogP contribution in [-0.4, -0.2) is 24.1 Å². The monoisotopic (exact) mass is 263 g/mol. The van der Waals surface area contributed by atoms with E-state index in [4.69, 9.17) is 17.3 Å². The van der Waals surface area contributed by atoms with E-state index in [-0.39, 0.29) is 0 Å². The fourth-order valence-electron chi connectivity index (χ4n) is 1.41. The van der Waals surface area contributed by atoms with Gasteiger partial charge in [-0.25, -0.2) is 4.98 Å². The summed E-state index contributed by atoms with van der Waals surface area (Å²) in [5.41, 5.74) is 7.08. The zero-order valence-corrected chi connectivity index (χ0v) is 10.9. The van der Waals surface area contributed by atoms with Crippen molar-refractivity contribution < 1.29 is 0 Å². The highest BCUT2D eigenvalue weighted by molar-refractivity contribution is 6.33. The molecular weight excluding hydrogens is 250 g/mol. The predicted octanol–water partition coefficient (Wildman–Crippen LogP) is 2.52. The number of anilines is 4. The summed E-state index contributed by atoms with van der Waals surface area (Å²) >= 11 is 6.08. The van der Waals surface area contributed by atoms with E-state index in [0.29, 0.717) is 22.5 Å². The first kappa shape index (κ1) is 12.4. The third kappa shape index (κ3) is 2.81. The molecule has 3 N–H and O–H groups in total. The molecule has 0 bridgehead atoms. The SMILES string of the molecule is CN(C)c1nccc(Nc2cc(N)ccc2Cl)n1. The van der Waals surface area contributed by atoms with E-state index in [1.807, 2.05) is 19.0 Å². The van der Waals surface area contributed by atoms with Crippen LogP contribution in [0, 0.1) is 0 Å².